The lowest BCUT2D eigenvalue weighted by atomic mass is 10.2. The number of hydrogen-bond acceptors (Lipinski definition) is 6. The molecule has 10 heteroatoms. The van der Waals surface area contributed by atoms with Gasteiger partial charge in [-0.15, -0.1) is 0 Å². The van der Waals surface area contributed by atoms with E-state index in [1.54, 1.807) is 54.6 Å². The summed E-state index contributed by atoms with van der Waals surface area (Å²) in [6, 6.07) is 18.9. The number of carbonyl (C=O) groups excluding carboxylic acids is 3. The number of hydrazone groups is 1. The second-order valence-corrected chi connectivity index (χ2v) is 7.88. The van der Waals surface area contributed by atoms with Crippen LogP contribution in [0.2, 0.25) is 5.02 Å². The molecule has 0 radical (unpaired) electrons. The van der Waals surface area contributed by atoms with Crippen LogP contribution in [0.3, 0.4) is 0 Å². The molecule has 0 spiro atoms. The number of anilines is 2. The number of rotatable bonds is 9. The quantitative estimate of drug-likeness (QED) is 0.228. The summed E-state index contributed by atoms with van der Waals surface area (Å²) in [6.07, 6.45) is 1.32. The minimum absolute atomic E-state index is 0.224. The Balaban J connectivity index is 1.49. The topological polar surface area (TPSA) is 118 Å². The summed E-state index contributed by atoms with van der Waals surface area (Å²) in [5, 5.41) is 9.24. The first-order chi connectivity index (χ1) is 17.4. The molecule has 186 valence electrons. The minimum Gasteiger partial charge on any atom is -0.492 e. The predicted octanol–water partition coefficient (Wildman–Crippen LogP) is 4.15. The third kappa shape index (κ3) is 7.85. The average Bonchev–Trinajstić information content (AvgIpc) is 2.86. The minimum atomic E-state index is -0.955. The zero-order chi connectivity index (χ0) is 25.9. The van der Waals surface area contributed by atoms with E-state index in [0.29, 0.717) is 35.0 Å². The van der Waals surface area contributed by atoms with Crippen LogP contribution in [-0.2, 0) is 14.4 Å². The van der Waals surface area contributed by atoms with Crippen LogP contribution >= 0.6 is 11.6 Å². The van der Waals surface area contributed by atoms with E-state index in [0.717, 1.165) is 5.56 Å². The van der Waals surface area contributed by atoms with Gasteiger partial charge in [-0.2, -0.15) is 5.10 Å². The molecule has 3 rings (SSSR count). The van der Waals surface area contributed by atoms with Crippen LogP contribution in [-0.4, -0.2) is 37.1 Å². The summed E-state index contributed by atoms with van der Waals surface area (Å²) in [5.41, 5.74) is 4.82. The van der Waals surface area contributed by atoms with E-state index >= 15 is 0 Å². The number of aryl methyl sites for hydroxylation is 1. The third-order valence-electron chi connectivity index (χ3n) is 4.67. The Labute approximate surface area is 213 Å². The van der Waals surface area contributed by atoms with Gasteiger partial charge in [0.25, 0.3) is 5.91 Å². The van der Waals surface area contributed by atoms with Crippen molar-refractivity contribution in [1.82, 2.24) is 5.43 Å². The molecule has 3 aromatic carbocycles. The van der Waals surface area contributed by atoms with E-state index in [9.17, 15) is 14.4 Å². The molecule has 0 fully saturated rings. The van der Waals surface area contributed by atoms with Gasteiger partial charge in [0.05, 0.1) is 23.5 Å². The number of ether oxygens (including phenoxy) is 2. The van der Waals surface area contributed by atoms with Crippen LogP contribution in [0.25, 0.3) is 0 Å². The summed E-state index contributed by atoms with van der Waals surface area (Å²) in [7, 11) is 0. The van der Waals surface area contributed by atoms with Crippen LogP contribution in [0.15, 0.2) is 71.8 Å². The van der Waals surface area contributed by atoms with Crippen molar-refractivity contribution in [3.8, 4) is 11.5 Å². The molecule has 0 aliphatic rings. The van der Waals surface area contributed by atoms with Gasteiger partial charge in [0, 0.05) is 5.69 Å². The Morgan fingerprint density at radius 1 is 0.917 bits per heavy atom. The Morgan fingerprint density at radius 2 is 1.67 bits per heavy atom. The fourth-order valence-corrected chi connectivity index (χ4v) is 3.18. The molecular formula is C26H25ClN4O5. The molecule has 0 aromatic heterocycles. The van der Waals surface area contributed by atoms with Crippen molar-refractivity contribution in [1.29, 1.82) is 0 Å². The first-order valence-corrected chi connectivity index (χ1v) is 11.4. The lowest BCUT2D eigenvalue weighted by molar-refractivity contribution is -0.136. The highest BCUT2D eigenvalue weighted by molar-refractivity contribution is 6.39. The molecule has 0 bridgehead atoms. The normalized spacial score (nSPS) is 10.5. The van der Waals surface area contributed by atoms with Crippen molar-refractivity contribution >= 4 is 46.9 Å². The molecule has 3 N–H and O–H groups in total. The highest BCUT2D eigenvalue weighted by atomic mass is 35.5. The maximum atomic E-state index is 12.1. The summed E-state index contributed by atoms with van der Waals surface area (Å²) in [6.45, 7) is 3.96. The van der Waals surface area contributed by atoms with Crippen molar-refractivity contribution in [2.75, 3.05) is 23.8 Å². The second kappa shape index (κ2) is 12.9. The Morgan fingerprint density at radius 3 is 2.39 bits per heavy atom. The molecule has 0 saturated heterocycles. The van der Waals surface area contributed by atoms with E-state index < -0.39 is 11.8 Å². The van der Waals surface area contributed by atoms with Gasteiger partial charge >= 0.3 is 11.8 Å². The molecule has 9 nitrogen and oxygen atoms in total. The standard InChI is InChI=1S/C26H25ClN4O5/c1-3-35-23-7-5-4-6-21(23)30-25(33)26(34)31-28-15-18-10-13-22(20(27)14-18)36-16-24(32)29-19-11-8-17(2)9-12-19/h4-15H,3,16H2,1-2H3,(H,29,32)(H,30,33)(H,31,34)/b28-15-. The van der Waals surface area contributed by atoms with Crippen LogP contribution in [0.4, 0.5) is 11.4 Å². The Hall–Kier alpha value is -4.37. The number of carbonyl (C=O) groups is 3. The van der Waals surface area contributed by atoms with Crippen molar-refractivity contribution in [3.63, 3.8) is 0 Å². The molecule has 0 aliphatic carbocycles. The maximum Gasteiger partial charge on any atom is 0.329 e. The first-order valence-electron chi connectivity index (χ1n) is 11.0. The van der Waals surface area contributed by atoms with E-state index in [-0.39, 0.29) is 17.5 Å². The summed E-state index contributed by atoms with van der Waals surface area (Å²) in [4.78, 5) is 36.3. The molecule has 0 saturated carbocycles. The van der Waals surface area contributed by atoms with Gasteiger partial charge in [-0.05, 0) is 61.9 Å². The monoisotopic (exact) mass is 508 g/mol. The molecule has 0 aliphatic heterocycles. The van der Waals surface area contributed by atoms with Gasteiger partial charge in [0.1, 0.15) is 11.5 Å². The number of benzene rings is 3. The number of halogens is 1. The van der Waals surface area contributed by atoms with Gasteiger partial charge in [0.2, 0.25) is 0 Å². The van der Waals surface area contributed by atoms with Crippen molar-refractivity contribution < 1.29 is 23.9 Å². The molecule has 0 heterocycles. The highest BCUT2D eigenvalue weighted by Crippen LogP contribution is 2.25. The number of nitrogens with zero attached hydrogens (tertiary/aromatic N) is 1. The zero-order valence-corrected chi connectivity index (χ0v) is 20.5. The number of hydrogen-bond donors (Lipinski definition) is 3. The van der Waals surface area contributed by atoms with Gasteiger partial charge in [-0.3, -0.25) is 14.4 Å². The Kier molecular flexibility index (Phi) is 9.41. The summed E-state index contributed by atoms with van der Waals surface area (Å²) in [5.74, 6) is -1.42. The third-order valence-corrected chi connectivity index (χ3v) is 4.97. The fraction of sp³-hybridized carbons (Fsp3) is 0.154. The molecule has 3 aromatic rings. The average molecular weight is 509 g/mol. The van der Waals surface area contributed by atoms with Crippen LogP contribution in [0.5, 0.6) is 11.5 Å². The first kappa shape index (κ1) is 26.2. The SMILES string of the molecule is CCOc1ccccc1NC(=O)C(=O)N/N=C\c1ccc(OCC(=O)Nc2ccc(C)cc2)c(Cl)c1. The predicted molar refractivity (Wildman–Crippen MR) is 139 cm³/mol. The largest absolute Gasteiger partial charge is 0.492 e. The van der Waals surface area contributed by atoms with E-state index in [1.807, 2.05) is 26.0 Å². The van der Waals surface area contributed by atoms with Crippen LogP contribution < -0.4 is 25.5 Å². The molecular weight excluding hydrogens is 484 g/mol. The van der Waals surface area contributed by atoms with Gasteiger partial charge in [-0.1, -0.05) is 41.4 Å². The van der Waals surface area contributed by atoms with Crippen molar-refractivity contribution in [3.05, 3.63) is 82.9 Å². The van der Waals surface area contributed by atoms with Gasteiger partial charge in [0.15, 0.2) is 6.61 Å². The summed E-state index contributed by atoms with van der Waals surface area (Å²) >= 11 is 6.23. The number of para-hydroxylation sites is 2. The second-order valence-electron chi connectivity index (χ2n) is 7.48. The molecule has 0 atom stereocenters. The Bertz CT molecular complexity index is 1260. The molecule has 0 unspecified atom stereocenters. The zero-order valence-electron chi connectivity index (χ0n) is 19.7. The van der Waals surface area contributed by atoms with Gasteiger partial charge < -0.3 is 20.1 Å². The highest BCUT2D eigenvalue weighted by Gasteiger charge is 2.15. The fourth-order valence-electron chi connectivity index (χ4n) is 2.94. The van der Waals surface area contributed by atoms with Crippen LogP contribution in [0, 0.1) is 6.92 Å². The lowest BCUT2D eigenvalue weighted by Gasteiger charge is -2.10. The van der Waals surface area contributed by atoms with Gasteiger partial charge in [-0.25, -0.2) is 5.43 Å². The lowest BCUT2D eigenvalue weighted by Crippen LogP contribution is -2.32. The number of amides is 3. The van der Waals surface area contributed by atoms with Crippen molar-refractivity contribution in [2.24, 2.45) is 5.10 Å². The summed E-state index contributed by atoms with van der Waals surface area (Å²) < 4.78 is 10.9. The maximum absolute atomic E-state index is 12.1. The van der Waals surface area contributed by atoms with E-state index in [1.165, 1.54) is 6.21 Å². The van der Waals surface area contributed by atoms with Crippen molar-refractivity contribution in [2.45, 2.75) is 13.8 Å². The van der Waals surface area contributed by atoms with E-state index in [2.05, 4.69) is 21.2 Å². The molecule has 36 heavy (non-hydrogen) atoms. The number of nitrogens with one attached hydrogen (secondary N) is 3. The van der Waals surface area contributed by atoms with E-state index in [4.69, 9.17) is 21.1 Å². The smallest absolute Gasteiger partial charge is 0.329 e. The van der Waals surface area contributed by atoms with Crippen LogP contribution in [0.1, 0.15) is 18.1 Å². The molecule has 3 amide bonds.